The van der Waals surface area contributed by atoms with Crippen LogP contribution in [0.2, 0.25) is 5.02 Å². The number of hydrogen-bond donors (Lipinski definition) is 0. The van der Waals surface area contributed by atoms with Gasteiger partial charge >= 0.3 is 0 Å². The summed E-state index contributed by atoms with van der Waals surface area (Å²) in [5.41, 5.74) is 1.25. The van der Waals surface area contributed by atoms with Gasteiger partial charge in [-0.05, 0) is 36.3 Å². The zero-order valence-electron chi connectivity index (χ0n) is 9.13. The first kappa shape index (κ1) is 11.6. The van der Waals surface area contributed by atoms with Gasteiger partial charge in [0.25, 0.3) is 0 Å². The molecule has 0 saturated carbocycles. The van der Waals surface area contributed by atoms with Crippen LogP contribution in [0.3, 0.4) is 0 Å². The van der Waals surface area contributed by atoms with Crippen LogP contribution in [0.15, 0.2) is 24.3 Å². The van der Waals surface area contributed by atoms with Crippen molar-refractivity contribution in [1.29, 1.82) is 0 Å². The van der Waals surface area contributed by atoms with Crippen LogP contribution in [-0.4, -0.2) is 0 Å². The van der Waals surface area contributed by atoms with E-state index < -0.39 is 0 Å². The Kier molecular flexibility index (Phi) is 4.47. The minimum atomic E-state index is 0.592. The van der Waals surface area contributed by atoms with E-state index in [1.807, 2.05) is 18.2 Å². The Morgan fingerprint density at radius 3 is 2.43 bits per heavy atom. The van der Waals surface area contributed by atoms with E-state index in [-0.39, 0.29) is 0 Å². The molecule has 0 N–H and O–H groups in total. The SMILES string of the molecule is CC(C)[CH]C(C)Cc1ccccc1Cl. The zero-order valence-corrected chi connectivity index (χ0v) is 9.88. The predicted molar refractivity (Wildman–Crippen MR) is 63.5 cm³/mol. The molecule has 1 aromatic rings. The van der Waals surface area contributed by atoms with Crippen LogP contribution in [0.5, 0.6) is 0 Å². The van der Waals surface area contributed by atoms with Gasteiger partial charge in [-0.3, -0.25) is 0 Å². The molecule has 0 aromatic heterocycles. The van der Waals surface area contributed by atoms with E-state index in [0.717, 1.165) is 11.4 Å². The largest absolute Gasteiger partial charge is 0.0840 e. The molecule has 14 heavy (non-hydrogen) atoms. The van der Waals surface area contributed by atoms with Crippen molar-refractivity contribution in [3.8, 4) is 0 Å². The summed E-state index contributed by atoms with van der Waals surface area (Å²) in [6.07, 6.45) is 3.40. The van der Waals surface area contributed by atoms with Gasteiger partial charge in [-0.25, -0.2) is 0 Å². The molecule has 1 aromatic carbocycles. The molecule has 1 atom stereocenters. The third-order valence-corrected chi connectivity index (χ3v) is 2.58. The highest BCUT2D eigenvalue weighted by molar-refractivity contribution is 6.31. The lowest BCUT2D eigenvalue weighted by atomic mass is 9.93. The van der Waals surface area contributed by atoms with Gasteiger partial charge in [0.15, 0.2) is 0 Å². The Bertz CT molecular complexity index is 278. The summed E-state index contributed by atoms with van der Waals surface area (Å²) in [6, 6.07) is 8.08. The molecule has 0 fully saturated rings. The molecular weight excluding hydrogens is 192 g/mol. The van der Waals surface area contributed by atoms with Crippen LogP contribution in [0.1, 0.15) is 26.3 Å². The topological polar surface area (TPSA) is 0 Å². The first-order valence-electron chi connectivity index (χ1n) is 5.18. The van der Waals surface area contributed by atoms with E-state index >= 15 is 0 Å². The van der Waals surface area contributed by atoms with Gasteiger partial charge in [-0.2, -0.15) is 0 Å². The average Bonchev–Trinajstić information content (AvgIpc) is 2.07. The van der Waals surface area contributed by atoms with Gasteiger partial charge in [-0.1, -0.05) is 50.6 Å². The average molecular weight is 210 g/mol. The molecule has 1 heteroatoms. The normalized spacial score (nSPS) is 13.2. The van der Waals surface area contributed by atoms with Gasteiger partial charge in [-0.15, -0.1) is 0 Å². The fourth-order valence-electron chi connectivity index (χ4n) is 1.74. The standard InChI is InChI=1S/C13H18Cl/c1-10(2)8-11(3)9-12-6-4-5-7-13(12)14/h4-8,10-11H,9H2,1-3H3. The molecule has 1 radical (unpaired) electrons. The van der Waals surface area contributed by atoms with Crippen LogP contribution in [0.25, 0.3) is 0 Å². The summed E-state index contributed by atoms with van der Waals surface area (Å²) in [7, 11) is 0. The molecule has 0 saturated heterocycles. The Hall–Kier alpha value is -0.490. The number of benzene rings is 1. The Morgan fingerprint density at radius 2 is 1.86 bits per heavy atom. The zero-order chi connectivity index (χ0) is 10.6. The molecular formula is C13H18Cl. The predicted octanol–water partition coefficient (Wildman–Crippen LogP) is 4.38. The van der Waals surface area contributed by atoms with E-state index in [2.05, 4.69) is 33.3 Å². The summed E-state index contributed by atoms with van der Waals surface area (Å²) >= 11 is 6.09. The summed E-state index contributed by atoms with van der Waals surface area (Å²) in [6.45, 7) is 6.66. The molecule has 77 valence electrons. The summed E-state index contributed by atoms with van der Waals surface area (Å²) in [5, 5.41) is 0.886. The third-order valence-electron chi connectivity index (χ3n) is 2.21. The Morgan fingerprint density at radius 1 is 1.21 bits per heavy atom. The van der Waals surface area contributed by atoms with Crippen molar-refractivity contribution in [2.45, 2.75) is 27.2 Å². The highest BCUT2D eigenvalue weighted by atomic mass is 35.5. The lowest BCUT2D eigenvalue weighted by Gasteiger charge is -2.14. The van der Waals surface area contributed by atoms with E-state index in [4.69, 9.17) is 11.6 Å². The van der Waals surface area contributed by atoms with Crippen molar-refractivity contribution in [1.82, 2.24) is 0 Å². The van der Waals surface area contributed by atoms with Crippen LogP contribution in [0.4, 0.5) is 0 Å². The van der Waals surface area contributed by atoms with E-state index in [1.165, 1.54) is 5.56 Å². The molecule has 1 rings (SSSR count). The third kappa shape index (κ3) is 3.71. The van der Waals surface area contributed by atoms with E-state index in [1.54, 1.807) is 0 Å². The van der Waals surface area contributed by atoms with Crippen molar-refractivity contribution in [3.05, 3.63) is 41.3 Å². The first-order chi connectivity index (χ1) is 6.59. The van der Waals surface area contributed by atoms with Crippen LogP contribution < -0.4 is 0 Å². The quantitative estimate of drug-likeness (QED) is 0.691. The van der Waals surface area contributed by atoms with Crippen LogP contribution >= 0.6 is 11.6 Å². The second kappa shape index (κ2) is 5.41. The minimum Gasteiger partial charge on any atom is -0.0840 e. The van der Waals surface area contributed by atoms with Gasteiger partial charge in [0.05, 0.1) is 0 Å². The van der Waals surface area contributed by atoms with E-state index in [9.17, 15) is 0 Å². The lowest BCUT2D eigenvalue weighted by Crippen LogP contribution is -2.05. The molecule has 0 bridgehead atoms. The molecule has 0 amide bonds. The summed E-state index contributed by atoms with van der Waals surface area (Å²) in [4.78, 5) is 0. The van der Waals surface area contributed by atoms with E-state index in [0.29, 0.717) is 11.8 Å². The summed E-state index contributed by atoms with van der Waals surface area (Å²) < 4.78 is 0. The van der Waals surface area contributed by atoms with Gasteiger partial charge in [0.1, 0.15) is 0 Å². The van der Waals surface area contributed by atoms with Gasteiger partial charge in [0.2, 0.25) is 0 Å². The first-order valence-corrected chi connectivity index (χ1v) is 5.55. The smallest absolute Gasteiger partial charge is 0.0438 e. The Labute approximate surface area is 92.3 Å². The minimum absolute atomic E-state index is 0.592. The maximum atomic E-state index is 6.09. The van der Waals surface area contributed by atoms with Crippen molar-refractivity contribution >= 4 is 11.6 Å². The maximum absolute atomic E-state index is 6.09. The molecule has 0 heterocycles. The lowest BCUT2D eigenvalue weighted by molar-refractivity contribution is 0.571. The number of halogens is 1. The van der Waals surface area contributed by atoms with Crippen molar-refractivity contribution in [2.24, 2.45) is 11.8 Å². The highest BCUT2D eigenvalue weighted by Crippen LogP contribution is 2.21. The fraction of sp³-hybridized carbons (Fsp3) is 0.462. The highest BCUT2D eigenvalue weighted by Gasteiger charge is 2.08. The summed E-state index contributed by atoms with van der Waals surface area (Å²) in [5.74, 6) is 1.24. The molecule has 0 aliphatic heterocycles. The second-order valence-corrected chi connectivity index (χ2v) is 4.62. The monoisotopic (exact) mass is 209 g/mol. The van der Waals surface area contributed by atoms with Crippen molar-refractivity contribution in [2.75, 3.05) is 0 Å². The molecule has 0 aliphatic rings. The molecule has 0 nitrogen and oxygen atoms in total. The van der Waals surface area contributed by atoms with Crippen molar-refractivity contribution < 1.29 is 0 Å². The second-order valence-electron chi connectivity index (χ2n) is 4.21. The fourth-order valence-corrected chi connectivity index (χ4v) is 1.95. The van der Waals surface area contributed by atoms with Crippen molar-refractivity contribution in [3.63, 3.8) is 0 Å². The maximum Gasteiger partial charge on any atom is 0.0438 e. The Balaban J connectivity index is 2.56. The number of hydrogen-bond acceptors (Lipinski definition) is 0. The van der Waals surface area contributed by atoms with Crippen LogP contribution in [0, 0.1) is 18.3 Å². The molecule has 0 aliphatic carbocycles. The molecule has 1 unspecified atom stereocenters. The molecule has 0 spiro atoms. The number of rotatable bonds is 4. The van der Waals surface area contributed by atoms with Crippen LogP contribution in [-0.2, 0) is 6.42 Å². The van der Waals surface area contributed by atoms with Gasteiger partial charge < -0.3 is 0 Å². The van der Waals surface area contributed by atoms with Gasteiger partial charge in [0, 0.05) is 5.02 Å².